The van der Waals surface area contributed by atoms with E-state index in [9.17, 15) is 0 Å². The molecule has 2 N–H and O–H groups in total. The van der Waals surface area contributed by atoms with Gasteiger partial charge in [0.25, 0.3) is 0 Å². The largest absolute Gasteiger partial charge is 0.330 e. The molecule has 1 atom stereocenters. The van der Waals surface area contributed by atoms with E-state index in [1.54, 1.807) is 0 Å². The fourth-order valence-corrected chi connectivity index (χ4v) is 3.43. The van der Waals surface area contributed by atoms with E-state index < -0.39 is 0 Å². The van der Waals surface area contributed by atoms with Crippen molar-refractivity contribution in [1.29, 1.82) is 0 Å². The lowest BCUT2D eigenvalue weighted by Crippen LogP contribution is -2.54. The second-order valence-corrected chi connectivity index (χ2v) is 6.04. The number of hydrogen-bond acceptors (Lipinski definition) is 3. The number of nitrogens with zero attached hydrogens (tertiary/aromatic N) is 2. The minimum Gasteiger partial charge on any atom is -0.330 e. The number of unbranched alkanes of at least 4 members (excludes halogenated alkanes) is 4. The zero-order valence-electron chi connectivity index (χ0n) is 11.9. The molecule has 1 unspecified atom stereocenters. The van der Waals surface area contributed by atoms with Gasteiger partial charge < -0.3 is 10.6 Å². The van der Waals surface area contributed by atoms with E-state index >= 15 is 0 Å². The molecule has 0 radical (unpaired) electrons. The van der Waals surface area contributed by atoms with Crippen molar-refractivity contribution in [2.75, 3.05) is 39.3 Å². The average Bonchev–Trinajstić information content (AvgIpc) is 2.42. The summed E-state index contributed by atoms with van der Waals surface area (Å²) in [7, 11) is 0. The predicted molar refractivity (Wildman–Crippen MR) is 77.8 cm³/mol. The standard InChI is InChI=1S/C15H31N3/c16-9-5-2-1-3-6-10-17-12-13-18-11-7-4-8-15(18)14-17/h15H,1-14,16H2. The lowest BCUT2D eigenvalue weighted by Gasteiger charge is -2.44. The molecule has 2 aliphatic heterocycles. The highest BCUT2D eigenvalue weighted by Gasteiger charge is 2.28. The Hall–Kier alpha value is -0.120. The second kappa shape index (κ2) is 8.13. The normalized spacial score (nSPS) is 26.2. The Labute approximate surface area is 113 Å². The molecule has 18 heavy (non-hydrogen) atoms. The Kier molecular flexibility index (Phi) is 6.46. The van der Waals surface area contributed by atoms with Gasteiger partial charge in [-0.2, -0.15) is 0 Å². The zero-order valence-corrected chi connectivity index (χ0v) is 11.9. The van der Waals surface area contributed by atoms with Gasteiger partial charge in [-0.1, -0.05) is 25.7 Å². The molecule has 2 saturated heterocycles. The van der Waals surface area contributed by atoms with Crippen molar-refractivity contribution in [3.8, 4) is 0 Å². The van der Waals surface area contributed by atoms with Crippen LogP contribution in [0.1, 0.15) is 51.4 Å². The topological polar surface area (TPSA) is 32.5 Å². The molecule has 3 heteroatoms. The Morgan fingerprint density at radius 1 is 0.889 bits per heavy atom. The smallest absolute Gasteiger partial charge is 0.0223 e. The van der Waals surface area contributed by atoms with Crippen LogP contribution in [0.2, 0.25) is 0 Å². The molecule has 0 aromatic carbocycles. The highest BCUT2D eigenvalue weighted by molar-refractivity contribution is 4.84. The monoisotopic (exact) mass is 253 g/mol. The van der Waals surface area contributed by atoms with E-state index in [-0.39, 0.29) is 0 Å². The minimum atomic E-state index is 0.865. The summed E-state index contributed by atoms with van der Waals surface area (Å²) in [5, 5.41) is 0. The van der Waals surface area contributed by atoms with E-state index in [4.69, 9.17) is 5.73 Å². The van der Waals surface area contributed by atoms with Crippen molar-refractivity contribution in [2.24, 2.45) is 5.73 Å². The fraction of sp³-hybridized carbons (Fsp3) is 1.00. The Balaban J connectivity index is 1.54. The van der Waals surface area contributed by atoms with Gasteiger partial charge in [-0.25, -0.2) is 0 Å². The van der Waals surface area contributed by atoms with Gasteiger partial charge in [0, 0.05) is 25.7 Å². The molecule has 3 nitrogen and oxygen atoms in total. The molecular formula is C15H31N3. The number of rotatable bonds is 7. The number of fused-ring (bicyclic) bond motifs is 1. The third-order valence-corrected chi connectivity index (χ3v) is 4.60. The maximum absolute atomic E-state index is 5.51. The highest BCUT2D eigenvalue weighted by atomic mass is 15.3. The molecule has 0 aliphatic carbocycles. The Morgan fingerprint density at radius 2 is 1.72 bits per heavy atom. The summed E-state index contributed by atoms with van der Waals surface area (Å²) < 4.78 is 0. The van der Waals surface area contributed by atoms with Crippen molar-refractivity contribution in [3.05, 3.63) is 0 Å². The fourth-order valence-electron chi connectivity index (χ4n) is 3.43. The molecular weight excluding hydrogens is 222 g/mol. The van der Waals surface area contributed by atoms with Crippen LogP contribution in [0.25, 0.3) is 0 Å². The number of piperazine rings is 1. The highest BCUT2D eigenvalue weighted by Crippen LogP contribution is 2.21. The molecule has 2 fully saturated rings. The maximum Gasteiger partial charge on any atom is 0.0223 e. The van der Waals surface area contributed by atoms with Gasteiger partial charge in [0.2, 0.25) is 0 Å². The number of hydrogen-bond donors (Lipinski definition) is 1. The molecule has 106 valence electrons. The van der Waals surface area contributed by atoms with Gasteiger partial charge in [0.05, 0.1) is 0 Å². The van der Waals surface area contributed by atoms with E-state index in [2.05, 4.69) is 9.80 Å². The molecule has 2 aliphatic rings. The van der Waals surface area contributed by atoms with Gasteiger partial charge >= 0.3 is 0 Å². The van der Waals surface area contributed by atoms with Crippen molar-refractivity contribution in [2.45, 2.75) is 57.4 Å². The molecule has 0 aromatic heterocycles. The second-order valence-electron chi connectivity index (χ2n) is 6.04. The number of nitrogens with two attached hydrogens (primary N) is 1. The van der Waals surface area contributed by atoms with Crippen LogP contribution in [0.3, 0.4) is 0 Å². The molecule has 0 spiro atoms. The maximum atomic E-state index is 5.51. The van der Waals surface area contributed by atoms with E-state index in [1.807, 2.05) is 0 Å². The summed E-state index contributed by atoms with van der Waals surface area (Å²) in [4.78, 5) is 5.43. The van der Waals surface area contributed by atoms with Crippen LogP contribution in [0.15, 0.2) is 0 Å². The van der Waals surface area contributed by atoms with E-state index in [1.165, 1.54) is 84.1 Å². The molecule has 0 aromatic rings. The first kappa shape index (κ1) is 14.3. The quantitative estimate of drug-likeness (QED) is 0.705. The first-order chi connectivity index (χ1) is 8.90. The summed E-state index contributed by atoms with van der Waals surface area (Å²) in [5.74, 6) is 0. The SMILES string of the molecule is NCCCCCCCN1CCN2CCCCC2C1. The van der Waals surface area contributed by atoms with Gasteiger partial charge in [0.15, 0.2) is 0 Å². The minimum absolute atomic E-state index is 0.865. The molecule has 0 amide bonds. The van der Waals surface area contributed by atoms with Crippen LogP contribution in [0.4, 0.5) is 0 Å². The Bertz CT molecular complexity index is 220. The summed E-state index contributed by atoms with van der Waals surface area (Å²) in [6.45, 7) is 7.51. The summed E-state index contributed by atoms with van der Waals surface area (Å²) in [5.41, 5.74) is 5.51. The van der Waals surface area contributed by atoms with Crippen molar-refractivity contribution >= 4 is 0 Å². The van der Waals surface area contributed by atoms with Crippen molar-refractivity contribution < 1.29 is 0 Å². The van der Waals surface area contributed by atoms with E-state index in [0.29, 0.717) is 0 Å². The summed E-state index contributed by atoms with van der Waals surface area (Å²) in [6.07, 6.45) is 11.0. The zero-order chi connectivity index (χ0) is 12.6. The van der Waals surface area contributed by atoms with Crippen molar-refractivity contribution in [1.82, 2.24) is 9.80 Å². The van der Waals surface area contributed by atoms with Gasteiger partial charge in [-0.15, -0.1) is 0 Å². The van der Waals surface area contributed by atoms with Gasteiger partial charge in [-0.3, -0.25) is 4.90 Å². The van der Waals surface area contributed by atoms with E-state index in [0.717, 1.165) is 12.6 Å². The van der Waals surface area contributed by atoms with Crippen LogP contribution < -0.4 is 5.73 Å². The molecule has 2 rings (SSSR count). The van der Waals surface area contributed by atoms with Crippen LogP contribution >= 0.6 is 0 Å². The van der Waals surface area contributed by atoms with Crippen LogP contribution in [-0.2, 0) is 0 Å². The first-order valence-electron chi connectivity index (χ1n) is 8.06. The van der Waals surface area contributed by atoms with Gasteiger partial charge in [-0.05, 0) is 45.3 Å². The average molecular weight is 253 g/mol. The molecule has 0 bridgehead atoms. The third kappa shape index (κ3) is 4.52. The third-order valence-electron chi connectivity index (χ3n) is 4.60. The predicted octanol–water partition coefficient (Wildman–Crippen LogP) is 2.07. The van der Waals surface area contributed by atoms with Gasteiger partial charge in [0.1, 0.15) is 0 Å². The lowest BCUT2D eigenvalue weighted by molar-refractivity contribution is 0.0486. The Morgan fingerprint density at radius 3 is 2.61 bits per heavy atom. The summed E-state index contributed by atoms with van der Waals surface area (Å²) >= 11 is 0. The molecule has 2 heterocycles. The summed E-state index contributed by atoms with van der Waals surface area (Å²) in [6, 6.07) is 0.879. The lowest BCUT2D eigenvalue weighted by atomic mass is 9.99. The number of piperidine rings is 1. The van der Waals surface area contributed by atoms with Crippen LogP contribution in [0, 0.1) is 0 Å². The molecule has 0 saturated carbocycles. The van der Waals surface area contributed by atoms with Crippen LogP contribution in [0.5, 0.6) is 0 Å². The first-order valence-corrected chi connectivity index (χ1v) is 8.06. The van der Waals surface area contributed by atoms with Crippen LogP contribution in [-0.4, -0.2) is 55.1 Å². The van der Waals surface area contributed by atoms with Crippen molar-refractivity contribution in [3.63, 3.8) is 0 Å².